The monoisotopic (exact) mass is 398 g/mol. The molecule has 2 atom stereocenters. The normalized spacial score (nSPS) is 22.3. The lowest BCUT2D eigenvalue weighted by Crippen LogP contribution is -3.11. The molecule has 0 spiro atoms. The maximum atomic E-state index is 12.7. The highest BCUT2D eigenvalue weighted by Crippen LogP contribution is 2.23. The van der Waals surface area contributed by atoms with Crippen LogP contribution in [0.5, 0.6) is 0 Å². The highest BCUT2D eigenvalue weighted by atomic mass is 32.1. The van der Waals surface area contributed by atoms with Crippen molar-refractivity contribution >= 4 is 28.8 Å². The van der Waals surface area contributed by atoms with Crippen molar-refractivity contribution in [1.82, 2.24) is 5.32 Å². The summed E-state index contributed by atoms with van der Waals surface area (Å²) in [5.41, 5.74) is 1.16. The molecule has 2 aliphatic rings. The van der Waals surface area contributed by atoms with Gasteiger partial charge in [0.2, 0.25) is 0 Å². The molecule has 28 heavy (non-hydrogen) atoms. The molecule has 1 unspecified atom stereocenters. The predicted octanol–water partition coefficient (Wildman–Crippen LogP) is 2.78. The minimum atomic E-state index is -0.0900. The van der Waals surface area contributed by atoms with Crippen molar-refractivity contribution in [3.63, 3.8) is 0 Å². The second-order valence-corrected chi connectivity index (χ2v) is 8.82. The fraction of sp³-hybridized carbons (Fsp3) is 0.455. The lowest BCUT2D eigenvalue weighted by molar-refractivity contribution is -0.910. The van der Waals surface area contributed by atoms with E-state index in [4.69, 9.17) is 0 Å². The van der Waals surface area contributed by atoms with E-state index in [1.807, 2.05) is 18.2 Å². The van der Waals surface area contributed by atoms with Crippen LogP contribution in [-0.4, -0.2) is 30.9 Å². The van der Waals surface area contributed by atoms with Crippen LogP contribution in [-0.2, 0) is 4.79 Å². The summed E-state index contributed by atoms with van der Waals surface area (Å²) in [5, 5.41) is 8.21. The van der Waals surface area contributed by atoms with Gasteiger partial charge in [0.15, 0.2) is 6.54 Å². The van der Waals surface area contributed by atoms with Gasteiger partial charge in [-0.05, 0) is 36.4 Å². The molecule has 1 aromatic carbocycles. The highest BCUT2D eigenvalue weighted by Gasteiger charge is 2.32. The Labute approximate surface area is 170 Å². The van der Waals surface area contributed by atoms with E-state index >= 15 is 0 Å². The van der Waals surface area contributed by atoms with Gasteiger partial charge in [0.25, 0.3) is 11.8 Å². The number of thiophene rings is 1. The number of amides is 2. The molecule has 1 aliphatic carbocycles. The largest absolute Gasteiger partial charge is 0.349 e. The van der Waals surface area contributed by atoms with Crippen LogP contribution >= 0.6 is 11.3 Å². The number of carbonyl (C=O) groups is 2. The lowest BCUT2D eigenvalue weighted by atomic mass is 10.1. The van der Waals surface area contributed by atoms with E-state index in [-0.39, 0.29) is 17.9 Å². The van der Waals surface area contributed by atoms with Crippen molar-refractivity contribution in [1.29, 1.82) is 0 Å². The zero-order valence-electron chi connectivity index (χ0n) is 16.1. The summed E-state index contributed by atoms with van der Waals surface area (Å²) in [4.78, 5) is 28.1. The topological polar surface area (TPSA) is 62.6 Å². The van der Waals surface area contributed by atoms with Crippen molar-refractivity contribution < 1.29 is 14.5 Å². The summed E-state index contributed by atoms with van der Waals surface area (Å²) < 4.78 is 0. The van der Waals surface area contributed by atoms with Crippen LogP contribution in [0.4, 0.5) is 5.69 Å². The third-order valence-electron chi connectivity index (χ3n) is 5.89. The van der Waals surface area contributed by atoms with E-state index in [1.165, 1.54) is 22.6 Å². The third kappa shape index (κ3) is 4.45. The molecule has 2 aromatic rings. The SMILES string of the molecule is O=C(C[NH+]1CCC[C@@H]1c1cccs1)Nc1ccccc1C(=O)NC1CCCC1. The van der Waals surface area contributed by atoms with Gasteiger partial charge in [-0.25, -0.2) is 0 Å². The number of hydrogen-bond acceptors (Lipinski definition) is 3. The third-order valence-corrected chi connectivity index (χ3v) is 6.88. The highest BCUT2D eigenvalue weighted by molar-refractivity contribution is 7.10. The first-order chi connectivity index (χ1) is 13.7. The average Bonchev–Trinajstić information content (AvgIpc) is 3.44. The van der Waals surface area contributed by atoms with Crippen molar-refractivity contribution in [2.75, 3.05) is 18.4 Å². The van der Waals surface area contributed by atoms with Gasteiger partial charge in [-0.2, -0.15) is 0 Å². The Morgan fingerprint density at radius 2 is 1.86 bits per heavy atom. The van der Waals surface area contributed by atoms with Crippen molar-refractivity contribution in [2.45, 2.75) is 50.6 Å². The zero-order valence-corrected chi connectivity index (χ0v) is 16.9. The van der Waals surface area contributed by atoms with Gasteiger partial charge in [-0.1, -0.05) is 31.0 Å². The number of likely N-dealkylation sites (tertiary alicyclic amines) is 1. The van der Waals surface area contributed by atoms with Crippen LogP contribution in [0.1, 0.15) is 59.8 Å². The molecular weight excluding hydrogens is 370 g/mol. The standard InChI is InChI=1S/C22H27N3O2S/c26-21(15-25-13-5-11-19(25)20-12-6-14-28-20)24-18-10-4-3-9-17(18)22(27)23-16-7-1-2-8-16/h3-4,6,9-10,12,14,16,19H,1-2,5,7-8,11,13,15H2,(H,23,27)(H,24,26)/p+1/t19-/m1/s1. The van der Waals surface area contributed by atoms with Crippen LogP contribution in [0.25, 0.3) is 0 Å². The minimum Gasteiger partial charge on any atom is -0.349 e. The van der Waals surface area contributed by atoms with E-state index in [9.17, 15) is 9.59 Å². The lowest BCUT2D eigenvalue weighted by Gasteiger charge is -2.20. The Balaban J connectivity index is 1.39. The van der Waals surface area contributed by atoms with E-state index in [0.29, 0.717) is 23.8 Å². The van der Waals surface area contributed by atoms with Crippen LogP contribution in [0.15, 0.2) is 41.8 Å². The van der Waals surface area contributed by atoms with Gasteiger partial charge in [-0.3, -0.25) is 9.59 Å². The summed E-state index contributed by atoms with van der Waals surface area (Å²) in [7, 11) is 0. The zero-order chi connectivity index (χ0) is 19.3. The fourth-order valence-electron chi connectivity index (χ4n) is 4.48. The molecule has 148 valence electrons. The van der Waals surface area contributed by atoms with Gasteiger partial charge in [0, 0.05) is 18.9 Å². The molecule has 3 N–H and O–H groups in total. The minimum absolute atomic E-state index is 0.0282. The molecule has 2 heterocycles. The first kappa shape index (κ1) is 19.2. The maximum absolute atomic E-state index is 12.7. The molecular formula is C22H28N3O2S+. The Morgan fingerprint density at radius 3 is 2.64 bits per heavy atom. The van der Waals surface area contributed by atoms with Crippen molar-refractivity contribution in [3.05, 3.63) is 52.2 Å². The number of para-hydroxylation sites is 1. The van der Waals surface area contributed by atoms with Gasteiger partial charge in [0.1, 0.15) is 6.04 Å². The molecule has 1 aliphatic heterocycles. The smallest absolute Gasteiger partial charge is 0.279 e. The fourth-order valence-corrected chi connectivity index (χ4v) is 5.40. The molecule has 0 radical (unpaired) electrons. The maximum Gasteiger partial charge on any atom is 0.279 e. The molecule has 1 aromatic heterocycles. The van der Waals surface area contributed by atoms with E-state index < -0.39 is 0 Å². The number of benzene rings is 1. The van der Waals surface area contributed by atoms with E-state index in [0.717, 1.165) is 32.2 Å². The number of hydrogen-bond donors (Lipinski definition) is 3. The van der Waals surface area contributed by atoms with Crippen LogP contribution in [0, 0.1) is 0 Å². The molecule has 2 fully saturated rings. The molecule has 6 heteroatoms. The summed E-state index contributed by atoms with van der Waals surface area (Å²) in [5.74, 6) is -0.118. The Morgan fingerprint density at radius 1 is 1.04 bits per heavy atom. The number of carbonyl (C=O) groups excluding carboxylic acids is 2. The molecule has 4 rings (SSSR count). The number of anilines is 1. The summed E-state index contributed by atoms with van der Waals surface area (Å²) in [6, 6.07) is 12.2. The Hall–Kier alpha value is -2.18. The Bertz CT molecular complexity index is 815. The Kier molecular flexibility index (Phi) is 6.07. The van der Waals surface area contributed by atoms with Gasteiger partial charge < -0.3 is 15.5 Å². The second kappa shape index (κ2) is 8.88. The average molecular weight is 399 g/mol. The molecule has 1 saturated carbocycles. The van der Waals surface area contributed by atoms with Gasteiger partial charge >= 0.3 is 0 Å². The molecule has 2 amide bonds. The van der Waals surface area contributed by atoms with Crippen LogP contribution in [0.3, 0.4) is 0 Å². The second-order valence-electron chi connectivity index (χ2n) is 7.84. The number of nitrogens with one attached hydrogen (secondary N) is 3. The van der Waals surface area contributed by atoms with Gasteiger partial charge in [0.05, 0.1) is 22.7 Å². The molecule has 0 bridgehead atoms. The first-order valence-corrected chi connectivity index (χ1v) is 11.2. The van der Waals surface area contributed by atoms with E-state index in [2.05, 4.69) is 28.1 Å². The summed E-state index contributed by atoms with van der Waals surface area (Å²) >= 11 is 1.77. The number of quaternary nitrogens is 1. The van der Waals surface area contributed by atoms with Gasteiger partial charge in [-0.15, -0.1) is 11.3 Å². The molecule has 1 saturated heterocycles. The van der Waals surface area contributed by atoms with E-state index in [1.54, 1.807) is 17.4 Å². The quantitative estimate of drug-likeness (QED) is 0.701. The first-order valence-electron chi connectivity index (χ1n) is 10.3. The molecule has 5 nitrogen and oxygen atoms in total. The summed E-state index contributed by atoms with van der Waals surface area (Å²) in [6.07, 6.45) is 6.71. The number of rotatable bonds is 6. The van der Waals surface area contributed by atoms with Crippen molar-refractivity contribution in [3.8, 4) is 0 Å². The summed E-state index contributed by atoms with van der Waals surface area (Å²) in [6.45, 7) is 1.45. The van der Waals surface area contributed by atoms with Crippen LogP contribution < -0.4 is 15.5 Å². The van der Waals surface area contributed by atoms with Crippen molar-refractivity contribution in [2.24, 2.45) is 0 Å². The van der Waals surface area contributed by atoms with Crippen LogP contribution in [0.2, 0.25) is 0 Å². The predicted molar refractivity (Wildman–Crippen MR) is 112 cm³/mol.